The van der Waals surface area contributed by atoms with Gasteiger partial charge in [-0.05, 0) is 94.5 Å². The Labute approximate surface area is 491 Å². The van der Waals surface area contributed by atoms with Crippen LogP contribution in [0.4, 0.5) is 0 Å². The molecule has 28 nitrogen and oxygen atoms in total. The highest BCUT2D eigenvalue weighted by atomic mass is 16.3. The molecule has 0 aliphatic carbocycles. The number of phenolic OH excluding ortho intramolecular Hbond substituents is 1. The van der Waals surface area contributed by atoms with Crippen LogP contribution in [-0.2, 0) is 67.2 Å². The number of hydrogen-bond acceptors (Lipinski definition) is 14. The Morgan fingerprint density at radius 2 is 1.42 bits per heavy atom. The Hall–Kier alpha value is -9.08. The van der Waals surface area contributed by atoms with Gasteiger partial charge in [-0.1, -0.05) is 44.2 Å². The van der Waals surface area contributed by atoms with Crippen LogP contribution in [0.3, 0.4) is 0 Å². The molecular formula is C57H80N16O12. The Balaban J connectivity index is 1.20. The van der Waals surface area contributed by atoms with Gasteiger partial charge in [0.15, 0.2) is 5.96 Å². The zero-order valence-electron chi connectivity index (χ0n) is 48.4. The molecular weight excluding hydrogens is 1100 g/mol. The summed E-state index contributed by atoms with van der Waals surface area (Å²) in [5, 5.41) is 45.5. The summed E-state index contributed by atoms with van der Waals surface area (Å²) in [5.41, 5.74) is 11.4. The zero-order valence-corrected chi connectivity index (χ0v) is 48.4. The topological polar surface area (TPSA) is 432 Å². The van der Waals surface area contributed by atoms with E-state index >= 15 is 0 Å². The number of hydrogen-bond donors (Lipinski definition) is 15. The largest absolute Gasteiger partial charge is 0.508 e. The predicted molar refractivity (Wildman–Crippen MR) is 311 cm³/mol. The van der Waals surface area contributed by atoms with Crippen molar-refractivity contribution in [2.24, 2.45) is 22.4 Å². The van der Waals surface area contributed by atoms with E-state index in [9.17, 15) is 58.2 Å². The number of benzene rings is 2. The number of H-pyrrole nitrogens is 2. The number of carbonyl (C=O) groups is 10. The van der Waals surface area contributed by atoms with E-state index in [1.165, 1.54) is 55.5 Å². The average Bonchev–Trinajstić information content (AvgIpc) is 4.53. The number of aliphatic hydroxyl groups is 1. The molecule has 0 unspecified atom stereocenters. The van der Waals surface area contributed by atoms with Crippen LogP contribution in [0, 0.1) is 5.92 Å². The molecule has 2 aliphatic heterocycles. The van der Waals surface area contributed by atoms with Crippen LogP contribution in [0.5, 0.6) is 5.75 Å². The van der Waals surface area contributed by atoms with Gasteiger partial charge in [0.05, 0.1) is 12.9 Å². The third-order valence-electron chi connectivity index (χ3n) is 14.6. The van der Waals surface area contributed by atoms with E-state index in [2.05, 4.69) is 67.8 Å². The number of aromatic amines is 2. The normalized spacial score (nSPS) is 17.0. The SMILES string of the molecule is CCNC(=O)[C@@H]1CCCN1C(=O)[C@H](CCCN=C(N)N)NC(=O)[C@H](CC(C)C)NC(=O)C(C)(C)NC(=O)[C@H](Cc1ccc(O)cc1)NC(=O)[C@H](CO)NC(=O)[C@@H](Cc1c[nH]c2ccccc12)NC(=O)[C@H](Cc1cnc[nH]1)NC(=O)[C@@H]1CCC(=O)N1. The van der Waals surface area contributed by atoms with Gasteiger partial charge in [-0.2, -0.15) is 0 Å². The molecule has 4 heterocycles. The Morgan fingerprint density at radius 1 is 0.776 bits per heavy atom. The van der Waals surface area contributed by atoms with Gasteiger partial charge in [0.1, 0.15) is 59.6 Å². The van der Waals surface area contributed by atoms with Crippen molar-refractivity contribution < 1.29 is 58.2 Å². The van der Waals surface area contributed by atoms with Gasteiger partial charge in [0, 0.05) is 74.3 Å². The number of imidazole rings is 1. The number of nitrogens with zero attached hydrogens (tertiary/aromatic N) is 3. The third kappa shape index (κ3) is 18.7. The van der Waals surface area contributed by atoms with Crippen molar-refractivity contribution >= 4 is 75.9 Å². The Bertz CT molecular complexity index is 3030. The van der Waals surface area contributed by atoms with Crippen molar-refractivity contribution in [2.45, 2.75) is 153 Å². The first-order chi connectivity index (χ1) is 40.5. The van der Waals surface area contributed by atoms with Crippen molar-refractivity contribution in [3.05, 3.63) is 84.1 Å². The monoisotopic (exact) mass is 1180 g/mol. The summed E-state index contributed by atoms with van der Waals surface area (Å²) in [7, 11) is 0. The fourth-order valence-corrected chi connectivity index (χ4v) is 10.0. The lowest BCUT2D eigenvalue weighted by Crippen LogP contribution is -2.64. The number of para-hydroxylation sites is 1. The lowest BCUT2D eigenvalue weighted by molar-refractivity contribution is -0.142. The number of nitrogens with two attached hydrogens (primary N) is 2. The summed E-state index contributed by atoms with van der Waals surface area (Å²) in [6.45, 7) is 7.90. The highest BCUT2D eigenvalue weighted by Gasteiger charge is 2.41. The molecule has 2 aliphatic rings. The molecule has 10 amide bonds. The number of aromatic hydroxyl groups is 1. The second-order valence-electron chi connectivity index (χ2n) is 22.2. The fourth-order valence-electron chi connectivity index (χ4n) is 10.0. The van der Waals surface area contributed by atoms with Crippen LogP contribution >= 0.6 is 0 Å². The summed E-state index contributed by atoms with van der Waals surface area (Å²) < 4.78 is 0. The van der Waals surface area contributed by atoms with Gasteiger partial charge in [-0.25, -0.2) is 4.98 Å². The van der Waals surface area contributed by atoms with Crippen molar-refractivity contribution in [2.75, 3.05) is 26.2 Å². The van der Waals surface area contributed by atoms with Gasteiger partial charge >= 0.3 is 0 Å². The van der Waals surface area contributed by atoms with Gasteiger partial charge in [-0.3, -0.25) is 52.9 Å². The molecule has 460 valence electrons. The number of likely N-dealkylation sites (tertiary alicyclic amines) is 1. The van der Waals surface area contributed by atoms with Crippen molar-refractivity contribution in [3.8, 4) is 5.75 Å². The minimum Gasteiger partial charge on any atom is -0.508 e. The van der Waals surface area contributed by atoms with Crippen LogP contribution in [0.1, 0.15) is 96.4 Å². The summed E-state index contributed by atoms with van der Waals surface area (Å²) in [4.78, 5) is 154. The third-order valence-corrected chi connectivity index (χ3v) is 14.6. The summed E-state index contributed by atoms with van der Waals surface area (Å²) in [6.07, 6.45) is 5.71. The molecule has 2 saturated heterocycles. The first-order valence-corrected chi connectivity index (χ1v) is 28.5. The molecule has 4 aromatic rings. The van der Waals surface area contributed by atoms with E-state index in [1.807, 2.05) is 19.9 Å². The first-order valence-electron chi connectivity index (χ1n) is 28.5. The molecule has 2 aromatic heterocycles. The van der Waals surface area contributed by atoms with Gasteiger partial charge in [-0.15, -0.1) is 0 Å². The average molecular weight is 1180 g/mol. The first kappa shape index (κ1) is 65.1. The number of aliphatic hydroxyl groups excluding tert-OH is 1. The number of fused-ring (bicyclic) bond motifs is 1. The molecule has 2 aromatic carbocycles. The van der Waals surface area contributed by atoms with Gasteiger partial charge in [0.25, 0.3) is 0 Å². The van der Waals surface area contributed by atoms with E-state index in [4.69, 9.17) is 11.5 Å². The number of carbonyl (C=O) groups excluding carboxylic acids is 10. The standard InChI is InChI=1S/C57H80N16O12/c1-6-61-53(83)45-14-10-22-73(45)54(84)39(13-9-21-62-56(58)59)66-48(78)40(23-31(2)3)71-55(85)57(4,5)72-52(82)41(24-32-15-17-35(75)18-16-32)67-51(81)44(29-74)70-49(79)42(25-33-27-63-37-12-8-7-11-36(33)37)68-50(80)43(26-34-28-60-30-64-34)69-47(77)38-19-20-46(76)65-38/h7-8,11-12,15-18,27-28,30-31,38-45,63,74-75H,6,9-10,13-14,19-26,29H2,1-5H3,(H,60,64)(H,61,83)(H,65,76)(H,66,78)(H,67,81)(H,68,80)(H,69,77)(H,70,79)(H,71,85)(H,72,82)(H4,58,59,62)/t38-,39-,40-,41-,42+,43-,44-,45-/m0/s1. The lowest BCUT2D eigenvalue weighted by Gasteiger charge is -2.32. The number of aromatic nitrogens is 3. The molecule has 6 rings (SSSR count). The molecule has 0 bridgehead atoms. The van der Waals surface area contributed by atoms with Crippen molar-refractivity contribution in [1.29, 1.82) is 0 Å². The summed E-state index contributed by atoms with van der Waals surface area (Å²) >= 11 is 0. The highest BCUT2D eigenvalue weighted by molar-refractivity contribution is 6.00. The maximum Gasteiger partial charge on any atom is 0.245 e. The van der Waals surface area contributed by atoms with E-state index in [0.717, 1.165) is 5.52 Å². The van der Waals surface area contributed by atoms with Crippen molar-refractivity contribution in [1.82, 2.24) is 67.7 Å². The number of aliphatic imine (C=N–C) groups is 1. The molecule has 0 spiro atoms. The Morgan fingerprint density at radius 3 is 2.06 bits per heavy atom. The minimum absolute atomic E-state index is 0.0830. The quantitative estimate of drug-likeness (QED) is 0.0152. The van der Waals surface area contributed by atoms with Crippen LogP contribution in [0.15, 0.2) is 72.2 Å². The molecule has 85 heavy (non-hydrogen) atoms. The summed E-state index contributed by atoms with van der Waals surface area (Å²) in [6, 6.07) is 2.80. The second kappa shape index (κ2) is 30.5. The molecule has 0 saturated carbocycles. The maximum absolute atomic E-state index is 14.5. The molecule has 2 fully saturated rings. The number of rotatable bonds is 30. The molecule has 17 N–H and O–H groups in total. The van der Waals surface area contributed by atoms with Crippen LogP contribution in [0.2, 0.25) is 0 Å². The number of likely N-dealkylation sites (N-methyl/N-ethyl adjacent to an activating group) is 1. The minimum atomic E-state index is -1.81. The van der Waals surface area contributed by atoms with Crippen LogP contribution in [-0.4, -0.2) is 175 Å². The maximum atomic E-state index is 14.5. The molecule has 0 radical (unpaired) electrons. The molecule has 8 atom stereocenters. The Kier molecular flexibility index (Phi) is 23.3. The van der Waals surface area contributed by atoms with Gasteiger partial charge < -0.3 is 84.4 Å². The lowest BCUT2D eigenvalue weighted by atomic mass is 9.98. The number of amides is 10. The van der Waals surface area contributed by atoms with Crippen LogP contribution in [0.25, 0.3) is 10.9 Å². The van der Waals surface area contributed by atoms with Crippen molar-refractivity contribution in [3.63, 3.8) is 0 Å². The predicted octanol–water partition coefficient (Wildman–Crippen LogP) is -2.07. The molecule has 28 heteroatoms. The van der Waals surface area contributed by atoms with Crippen LogP contribution < -0.4 is 59.3 Å². The van der Waals surface area contributed by atoms with E-state index < -0.39 is 108 Å². The number of guanidine groups is 1. The van der Waals surface area contributed by atoms with E-state index in [-0.39, 0.29) is 93.9 Å². The highest BCUT2D eigenvalue weighted by Crippen LogP contribution is 2.22. The van der Waals surface area contributed by atoms with E-state index in [1.54, 1.807) is 31.3 Å². The fraction of sp³-hybridized carbons (Fsp3) is 0.509. The summed E-state index contributed by atoms with van der Waals surface area (Å²) in [5.74, 6) is -7.49. The number of nitrogens with one attached hydrogen (secondary N) is 11. The van der Waals surface area contributed by atoms with Gasteiger partial charge in [0.2, 0.25) is 59.1 Å². The van der Waals surface area contributed by atoms with E-state index in [0.29, 0.717) is 41.6 Å². The number of phenols is 1. The zero-order chi connectivity index (χ0) is 62.0. The smallest absolute Gasteiger partial charge is 0.245 e. The second-order valence-corrected chi connectivity index (χ2v) is 22.2.